The van der Waals surface area contributed by atoms with E-state index in [0.717, 1.165) is 27.2 Å². The molecule has 0 bridgehead atoms. The minimum Gasteiger partial charge on any atom is -0.480 e. The van der Waals surface area contributed by atoms with Crippen molar-refractivity contribution in [2.24, 2.45) is 0 Å². The third-order valence-corrected chi connectivity index (χ3v) is 4.60. The lowest BCUT2D eigenvalue weighted by atomic mass is 10.1. The van der Waals surface area contributed by atoms with Crippen molar-refractivity contribution in [2.45, 2.75) is 19.5 Å². The van der Waals surface area contributed by atoms with Gasteiger partial charge in [0.1, 0.15) is 12.4 Å². The van der Waals surface area contributed by atoms with E-state index in [4.69, 9.17) is 16.7 Å². The van der Waals surface area contributed by atoms with Crippen LogP contribution in [0.3, 0.4) is 0 Å². The molecule has 0 saturated heterocycles. The molecule has 1 heterocycles. The van der Waals surface area contributed by atoms with Crippen LogP contribution in [0, 0.1) is 5.82 Å². The van der Waals surface area contributed by atoms with Gasteiger partial charge < -0.3 is 5.11 Å². The second kappa shape index (κ2) is 8.35. The minimum atomic E-state index is -1.23. The van der Waals surface area contributed by atoms with Crippen molar-refractivity contribution in [1.29, 1.82) is 0 Å². The molecule has 2 rings (SSSR count). The zero-order valence-electron chi connectivity index (χ0n) is 13.4. The summed E-state index contributed by atoms with van der Waals surface area (Å²) in [5.74, 6) is -1.20. The molecule has 134 valence electrons. The number of halogens is 2. The van der Waals surface area contributed by atoms with Crippen molar-refractivity contribution in [3.63, 3.8) is 0 Å². The summed E-state index contributed by atoms with van der Waals surface area (Å²) < 4.78 is 15.6. The third-order valence-electron chi connectivity index (χ3n) is 3.51. The number of aromatic nitrogens is 2. The first-order valence-electron chi connectivity index (χ1n) is 7.36. The maximum absolute atomic E-state index is 13.7. The normalized spacial score (nSPS) is 10.8. The molecule has 0 spiro atoms. The summed E-state index contributed by atoms with van der Waals surface area (Å²) in [6.45, 7) is -0.472. The number of carboxylic acids is 1. The lowest BCUT2D eigenvalue weighted by Crippen LogP contribution is -2.41. The van der Waals surface area contributed by atoms with E-state index in [9.17, 15) is 18.8 Å². The molecule has 25 heavy (non-hydrogen) atoms. The van der Waals surface area contributed by atoms with Gasteiger partial charge in [-0.1, -0.05) is 23.7 Å². The van der Waals surface area contributed by atoms with E-state index < -0.39 is 29.6 Å². The van der Waals surface area contributed by atoms with E-state index in [-0.39, 0.29) is 22.7 Å². The molecular weight excluding hydrogens is 371 g/mol. The van der Waals surface area contributed by atoms with Gasteiger partial charge in [0.25, 0.3) is 5.56 Å². The summed E-state index contributed by atoms with van der Waals surface area (Å²) in [6.07, 6.45) is 3.57. The van der Waals surface area contributed by atoms with Crippen LogP contribution in [0.1, 0.15) is 6.42 Å². The molecule has 0 amide bonds. The first kappa shape index (κ1) is 19.3. The molecule has 0 unspecified atom stereocenters. The van der Waals surface area contributed by atoms with Gasteiger partial charge in [-0.05, 0) is 24.5 Å². The first-order valence-corrected chi connectivity index (χ1v) is 9.13. The van der Waals surface area contributed by atoms with Gasteiger partial charge >= 0.3 is 11.7 Å². The van der Waals surface area contributed by atoms with E-state index in [1.165, 1.54) is 12.1 Å². The highest BCUT2D eigenvalue weighted by atomic mass is 35.5. The van der Waals surface area contributed by atoms with Crippen LogP contribution in [0.25, 0.3) is 11.1 Å². The number of carbonyl (C=O) groups is 1. The number of carboxylic acid groups (broad SMARTS) is 1. The Kier molecular flexibility index (Phi) is 6.44. The molecule has 2 aromatic rings. The standard InChI is InChI=1S/C16H16ClFN2O4S/c1-25-7-3-6-20-15(23)11(8-19(16(20)24)9-13(21)22)10-4-2-5-12(18)14(10)17/h2,4-5,8H,3,6-7,9H2,1H3,(H,21,22). The highest BCUT2D eigenvalue weighted by Gasteiger charge is 2.17. The van der Waals surface area contributed by atoms with Crippen molar-refractivity contribution >= 4 is 29.3 Å². The maximum atomic E-state index is 13.7. The maximum Gasteiger partial charge on any atom is 0.331 e. The average molecular weight is 387 g/mol. The van der Waals surface area contributed by atoms with Gasteiger partial charge in [-0.25, -0.2) is 9.18 Å². The fraction of sp³-hybridized carbons (Fsp3) is 0.312. The zero-order valence-corrected chi connectivity index (χ0v) is 14.9. The fourth-order valence-corrected chi connectivity index (χ4v) is 3.02. The lowest BCUT2D eigenvalue weighted by molar-refractivity contribution is -0.137. The smallest absolute Gasteiger partial charge is 0.331 e. The molecular formula is C16H16ClFN2O4S. The van der Waals surface area contributed by atoms with Gasteiger partial charge in [0.05, 0.1) is 10.6 Å². The van der Waals surface area contributed by atoms with Crippen molar-refractivity contribution in [3.05, 3.63) is 56.1 Å². The van der Waals surface area contributed by atoms with Crippen LogP contribution < -0.4 is 11.2 Å². The zero-order chi connectivity index (χ0) is 18.6. The first-order chi connectivity index (χ1) is 11.9. The van der Waals surface area contributed by atoms with Crippen molar-refractivity contribution in [1.82, 2.24) is 9.13 Å². The van der Waals surface area contributed by atoms with Crippen LogP contribution in [0.2, 0.25) is 5.02 Å². The van der Waals surface area contributed by atoms with Gasteiger partial charge in [-0.3, -0.25) is 18.7 Å². The molecule has 6 nitrogen and oxygen atoms in total. The van der Waals surface area contributed by atoms with E-state index in [1.54, 1.807) is 11.8 Å². The second-order valence-corrected chi connectivity index (χ2v) is 6.62. The summed E-state index contributed by atoms with van der Waals surface area (Å²) >= 11 is 7.51. The van der Waals surface area contributed by atoms with Crippen LogP contribution >= 0.6 is 23.4 Å². The van der Waals surface area contributed by atoms with Crippen LogP contribution in [-0.2, 0) is 17.9 Å². The number of rotatable bonds is 7. The van der Waals surface area contributed by atoms with Gasteiger partial charge in [0, 0.05) is 18.3 Å². The van der Waals surface area contributed by atoms with Crippen molar-refractivity contribution < 1.29 is 14.3 Å². The van der Waals surface area contributed by atoms with Crippen molar-refractivity contribution in [2.75, 3.05) is 12.0 Å². The van der Waals surface area contributed by atoms with E-state index in [2.05, 4.69) is 0 Å². The molecule has 0 atom stereocenters. The number of nitrogens with zero attached hydrogens (tertiary/aromatic N) is 2. The number of aliphatic carboxylic acids is 1. The van der Waals surface area contributed by atoms with Crippen LogP contribution in [0.4, 0.5) is 4.39 Å². The fourth-order valence-electron chi connectivity index (χ4n) is 2.37. The Morgan fingerprint density at radius 1 is 1.32 bits per heavy atom. The molecule has 0 aliphatic rings. The predicted molar refractivity (Wildman–Crippen MR) is 96.0 cm³/mol. The van der Waals surface area contributed by atoms with Crippen LogP contribution in [0.5, 0.6) is 0 Å². The van der Waals surface area contributed by atoms with E-state index in [1.807, 2.05) is 6.26 Å². The molecule has 0 fully saturated rings. The number of hydrogen-bond donors (Lipinski definition) is 1. The minimum absolute atomic E-state index is 0.0190. The Hall–Kier alpha value is -2.06. The highest BCUT2D eigenvalue weighted by Crippen LogP contribution is 2.27. The topological polar surface area (TPSA) is 81.3 Å². The molecule has 1 aromatic heterocycles. The monoisotopic (exact) mass is 386 g/mol. The predicted octanol–water partition coefficient (Wildman–Crippen LogP) is 2.31. The number of benzene rings is 1. The van der Waals surface area contributed by atoms with Gasteiger partial charge in [0.2, 0.25) is 0 Å². The quantitative estimate of drug-likeness (QED) is 0.738. The van der Waals surface area contributed by atoms with E-state index in [0.29, 0.717) is 6.42 Å². The molecule has 0 saturated carbocycles. The number of hydrogen-bond acceptors (Lipinski definition) is 4. The Bertz CT molecular complexity index is 910. The average Bonchev–Trinajstić information content (AvgIpc) is 2.56. The summed E-state index contributed by atoms with van der Waals surface area (Å²) in [7, 11) is 0. The summed E-state index contributed by atoms with van der Waals surface area (Å²) in [5, 5.41) is 8.74. The summed E-state index contributed by atoms with van der Waals surface area (Å²) in [6, 6.07) is 3.99. The second-order valence-electron chi connectivity index (χ2n) is 5.25. The highest BCUT2D eigenvalue weighted by molar-refractivity contribution is 7.98. The summed E-state index contributed by atoms with van der Waals surface area (Å²) in [4.78, 5) is 36.1. The van der Waals surface area contributed by atoms with E-state index >= 15 is 0 Å². The Morgan fingerprint density at radius 2 is 2.04 bits per heavy atom. The van der Waals surface area contributed by atoms with Gasteiger partial charge in [0.15, 0.2) is 0 Å². The summed E-state index contributed by atoms with van der Waals surface area (Å²) in [5.41, 5.74) is -1.25. The lowest BCUT2D eigenvalue weighted by Gasteiger charge is -2.13. The Morgan fingerprint density at radius 3 is 2.68 bits per heavy atom. The molecule has 9 heteroatoms. The third kappa shape index (κ3) is 4.32. The molecule has 1 N–H and O–H groups in total. The molecule has 0 radical (unpaired) electrons. The Labute approximate surface area is 151 Å². The molecule has 1 aromatic carbocycles. The van der Waals surface area contributed by atoms with Crippen LogP contribution in [-0.4, -0.2) is 32.2 Å². The van der Waals surface area contributed by atoms with Gasteiger partial charge in [-0.2, -0.15) is 11.8 Å². The Balaban J connectivity index is 2.68. The number of thioether (sulfide) groups is 1. The van der Waals surface area contributed by atoms with Gasteiger partial charge in [-0.15, -0.1) is 0 Å². The largest absolute Gasteiger partial charge is 0.480 e. The molecule has 0 aliphatic carbocycles. The van der Waals surface area contributed by atoms with Crippen LogP contribution in [0.15, 0.2) is 34.0 Å². The SMILES string of the molecule is CSCCCn1c(=O)c(-c2cccc(F)c2Cl)cn(CC(=O)O)c1=O. The van der Waals surface area contributed by atoms with Crippen molar-refractivity contribution in [3.8, 4) is 11.1 Å². The molecule has 0 aliphatic heterocycles.